The fourth-order valence-corrected chi connectivity index (χ4v) is 2.93. The normalized spacial score (nSPS) is 18.0. The molecule has 0 spiro atoms. The van der Waals surface area contributed by atoms with Crippen molar-refractivity contribution >= 4 is 17.5 Å². The first-order chi connectivity index (χ1) is 11.1. The molecule has 0 bridgehead atoms. The van der Waals surface area contributed by atoms with E-state index < -0.39 is 5.82 Å². The van der Waals surface area contributed by atoms with Crippen LogP contribution in [0.2, 0.25) is 5.02 Å². The molecule has 2 aromatic rings. The van der Waals surface area contributed by atoms with Crippen molar-refractivity contribution in [1.82, 2.24) is 15.0 Å². The highest BCUT2D eigenvalue weighted by Gasteiger charge is 2.34. The number of likely N-dealkylation sites (tertiary alicyclic amines) is 1. The highest BCUT2D eigenvalue weighted by atomic mass is 35.5. The van der Waals surface area contributed by atoms with E-state index in [1.54, 1.807) is 11.0 Å². The summed E-state index contributed by atoms with van der Waals surface area (Å²) in [6.07, 6.45) is 2.05. The predicted octanol–water partition coefficient (Wildman–Crippen LogP) is 3.33. The fraction of sp³-hybridized carbons (Fsp3) is 0.438. The van der Waals surface area contributed by atoms with Crippen LogP contribution in [-0.2, 0) is 17.8 Å². The first kappa shape index (κ1) is 15.9. The third-order valence-electron chi connectivity index (χ3n) is 3.90. The molecule has 0 aliphatic carbocycles. The number of halogens is 2. The molecule has 1 aliphatic heterocycles. The van der Waals surface area contributed by atoms with Gasteiger partial charge in [0.2, 0.25) is 11.8 Å². The molecule has 1 aromatic carbocycles. The van der Waals surface area contributed by atoms with Crippen molar-refractivity contribution < 1.29 is 13.7 Å². The van der Waals surface area contributed by atoms with Crippen LogP contribution in [0.4, 0.5) is 4.39 Å². The van der Waals surface area contributed by atoms with Gasteiger partial charge in [-0.05, 0) is 24.1 Å². The molecule has 1 fully saturated rings. The molecule has 5 nitrogen and oxygen atoms in total. The van der Waals surface area contributed by atoms with Crippen LogP contribution >= 0.6 is 11.6 Å². The number of amides is 1. The monoisotopic (exact) mass is 337 g/mol. The van der Waals surface area contributed by atoms with Gasteiger partial charge in [-0.3, -0.25) is 4.79 Å². The van der Waals surface area contributed by atoms with Crippen molar-refractivity contribution in [3.63, 3.8) is 0 Å². The number of rotatable bonds is 5. The maximum Gasteiger partial charge on any atom is 0.232 e. The summed E-state index contributed by atoms with van der Waals surface area (Å²) >= 11 is 6.03. The summed E-state index contributed by atoms with van der Waals surface area (Å²) in [6, 6.07) is 4.20. The van der Waals surface area contributed by atoms with Crippen LogP contribution in [0.25, 0.3) is 0 Å². The van der Waals surface area contributed by atoms with Crippen molar-refractivity contribution in [3.05, 3.63) is 46.3 Å². The Balaban J connectivity index is 1.69. The third kappa shape index (κ3) is 3.52. The SMILES string of the molecule is CCCc1noc(C2CC(=O)N(Cc3ccc(F)cc3Cl)C2)n1. The quantitative estimate of drug-likeness (QED) is 0.839. The van der Waals surface area contributed by atoms with E-state index in [0.717, 1.165) is 18.4 Å². The lowest BCUT2D eigenvalue weighted by atomic mass is 10.1. The Hall–Kier alpha value is -1.95. The van der Waals surface area contributed by atoms with Gasteiger partial charge in [-0.25, -0.2) is 4.39 Å². The van der Waals surface area contributed by atoms with Gasteiger partial charge in [-0.2, -0.15) is 4.98 Å². The van der Waals surface area contributed by atoms with Crippen LogP contribution in [0.1, 0.15) is 43.0 Å². The summed E-state index contributed by atoms with van der Waals surface area (Å²) in [6.45, 7) is 2.90. The van der Waals surface area contributed by atoms with Gasteiger partial charge in [0.1, 0.15) is 5.82 Å². The minimum Gasteiger partial charge on any atom is -0.339 e. The second-order valence-corrected chi connectivity index (χ2v) is 6.12. The second kappa shape index (κ2) is 6.66. The van der Waals surface area contributed by atoms with Gasteiger partial charge in [-0.15, -0.1) is 0 Å². The number of benzene rings is 1. The van der Waals surface area contributed by atoms with Crippen LogP contribution in [0.5, 0.6) is 0 Å². The molecular weight excluding hydrogens is 321 g/mol. The summed E-state index contributed by atoms with van der Waals surface area (Å²) < 4.78 is 18.4. The van der Waals surface area contributed by atoms with E-state index in [-0.39, 0.29) is 11.8 Å². The van der Waals surface area contributed by atoms with Crippen molar-refractivity contribution in [2.24, 2.45) is 0 Å². The molecule has 1 atom stereocenters. The molecule has 122 valence electrons. The summed E-state index contributed by atoms with van der Waals surface area (Å²) in [4.78, 5) is 18.2. The van der Waals surface area contributed by atoms with Gasteiger partial charge in [0.05, 0.1) is 5.92 Å². The maximum absolute atomic E-state index is 13.1. The number of carbonyl (C=O) groups is 1. The number of hydrogen-bond donors (Lipinski definition) is 0. The van der Waals surface area contributed by atoms with Crippen LogP contribution in [0.3, 0.4) is 0 Å². The zero-order chi connectivity index (χ0) is 16.4. The Morgan fingerprint density at radius 3 is 3.04 bits per heavy atom. The lowest BCUT2D eigenvalue weighted by Gasteiger charge is -2.17. The second-order valence-electron chi connectivity index (χ2n) is 5.71. The molecule has 1 unspecified atom stereocenters. The first-order valence-electron chi connectivity index (χ1n) is 7.61. The molecule has 1 saturated heterocycles. The van der Waals surface area contributed by atoms with E-state index in [1.165, 1.54) is 12.1 Å². The number of aryl methyl sites for hydroxylation is 1. The largest absolute Gasteiger partial charge is 0.339 e. The molecule has 7 heteroatoms. The van der Waals surface area contributed by atoms with Crippen molar-refractivity contribution in [2.75, 3.05) is 6.54 Å². The van der Waals surface area contributed by atoms with E-state index in [1.807, 2.05) is 6.92 Å². The average molecular weight is 338 g/mol. The molecular formula is C16H17ClFN3O2. The highest BCUT2D eigenvalue weighted by molar-refractivity contribution is 6.31. The molecule has 1 amide bonds. The molecule has 1 aromatic heterocycles. The average Bonchev–Trinajstić information content (AvgIpc) is 3.10. The van der Waals surface area contributed by atoms with Gasteiger partial charge in [0, 0.05) is 31.0 Å². The smallest absolute Gasteiger partial charge is 0.232 e. The van der Waals surface area contributed by atoms with Crippen LogP contribution in [0.15, 0.2) is 22.7 Å². The molecule has 0 radical (unpaired) electrons. The highest BCUT2D eigenvalue weighted by Crippen LogP contribution is 2.29. The summed E-state index contributed by atoms with van der Waals surface area (Å²) in [5.41, 5.74) is 0.722. The van der Waals surface area contributed by atoms with Gasteiger partial charge in [0.15, 0.2) is 5.82 Å². The topological polar surface area (TPSA) is 59.2 Å². The van der Waals surface area contributed by atoms with E-state index >= 15 is 0 Å². The van der Waals surface area contributed by atoms with Gasteiger partial charge in [0.25, 0.3) is 0 Å². The number of aromatic nitrogens is 2. The van der Waals surface area contributed by atoms with Crippen LogP contribution in [-0.4, -0.2) is 27.5 Å². The fourth-order valence-electron chi connectivity index (χ4n) is 2.70. The Bertz CT molecular complexity index is 719. The molecule has 23 heavy (non-hydrogen) atoms. The third-order valence-corrected chi connectivity index (χ3v) is 4.25. The lowest BCUT2D eigenvalue weighted by molar-refractivity contribution is -0.128. The number of nitrogens with zero attached hydrogens (tertiary/aromatic N) is 3. The van der Waals surface area contributed by atoms with E-state index in [2.05, 4.69) is 10.1 Å². The van der Waals surface area contributed by atoms with Crippen molar-refractivity contribution in [3.8, 4) is 0 Å². The number of carbonyl (C=O) groups excluding carboxylic acids is 1. The van der Waals surface area contributed by atoms with E-state index in [9.17, 15) is 9.18 Å². The van der Waals surface area contributed by atoms with Crippen molar-refractivity contribution in [2.45, 2.75) is 38.6 Å². The minimum absolute atomic E-state index is 0.00522. The van der Waals surface area contributed by atoms with E-state index in [0.29, 0.717) is 36.2 Å². The minimum atomic E-state index is -0.390. The summed E-state index contributed by atoms with van der Waals surface area (Å²) in [5, 5.41) is 4.25. The van der Waals surface area contributed by atoms with Gasteiger partial charge in [-0.1, -0.05) is 29.7 Å². The van der Waals surface area contributed by atoms with Gasteiger partial charge < -0.3 is 9.42 Å². The zero-order valence-electron chi connectivity index (χ0n) is 12.8. The van der Waals surface area contributed by atoms with Crippen molar-refractivity contribution in [1.29, 1.82) is 0 Å². The molecule has 1 aliphatic rings. The summed E-state index contributed by atoms with van der Waals surface area (Å²) in [5.74, 6) is 0.702. The maximum atomic E-state index is 13.1. The number of hydrogen-bond acceptors (Lipinski definition) is 4. The lowest BCUT2D eigenvalue weighted by Crippen LogP contribution is -2.24. The Kier molecular flexibility index (Phi) is 4.61. The van der Waals surface area contributed by atoms with E-state index in [4.69, 9.17) is 16.1 Å². The zero-order valence-corrected chi connectivity index (χ0v) is 13.5. The standard InChI is InChI=1S/C16H17ClFN3O2/c1-2-3-14-19-16(23-20-14)11-6-15(22)21(9-11)8-10-4-5-12(18)7-13(10)17/h4-5,7,11H,2-3,6,8-9H2,1H3. The Morgan fingerprint density at radius 2 is 2.30 bits per heavy atom. The first-order valence-corrected chi connectivity index (χ1v) is 7.98. The molecule has 3 rings (SSSR count). The van der Waals surface area contributed by atoms with Crippen LogP contribution < -0.4 is 0 Å². The summed E-state index contributed by atoms with van der Waals surface area (Å²) in [7, 11) is 0. The Labute approximate surface area is 138 Å². The molecule has 2 heterocycles. The molecule has 0 saturated carbocycles. The predicted molar refractivity (Wildman–Crippen MR) is 82.5 cm³/mol. The molecule has 0 N–H and O–H groups in total. The van der Waals surface area contributed by atoms with Crippen LogP contribution in [0, 0.1) is 5.82 Å². The Morgan fingerprint density at radius 1 is 1.48 bits per heavy atom. The van der Waals surface area contributed by atoms with Gasteiger partial charge >= 0.3 is 0 Å².